The van der Waals surface area contributed by atoms with Gasteiger partial charge in [0.1, 0.15) is 5.82 Å². The number of nitrogens with zero attached hydrogens (tertiary/aromatic N) is 3. The lowest BCUT2D eigenvalue weighted by Gasteiger charge is -2.12. The highest BCUT2D eigenvalue weighted by molar-refractivity contribution is 9.10. The Balaban J connectivity index is 2.67. The first kappa shape index (κ1) is 12.6. The molecule has 17 heavy (non-hydrogen) atoms. The molecule has 0 amide bonds. The molecule has 1 aromatic heterocycles. The molecule has 0 saturated heterocycles. The van der Waals surface area contributed by atoms with Crippen LogP contribution in [-0.2, 0) is 0 Å². The molecule has 1 aromatic carbocycles. The van der Waals surface area contributed by atoms with Crippen LogP contribution in [0.15, 0.2) is 22.7 Å². The first-order valence-corrected chi connectivity index (χ1v) is 6.55. The summed E-state index contributed by atoms with van der Waals surface area (Å²) >= 11 is 9.59. The molecule has 1 heterocycles. The Labute approximate surface area is 114 Å². The van der Waals surface area contributed by atoms with E-state index in [1.54, 1.807) is 0 Å². The molecule has 0 saturated carbocycles. The summed E-state index contributed by atoms with van der Waals surface area (Å²) in [5, 5.41) is 8.47. The minimum Gasteiger partial charge on any atom is -0.269 e. The van der Waals surface area contributed by atoms with Crippen LogP contribution in [0.4, 0.5) is 0 Å². The van der Waals surface area contributed by atoms with Gasteiger partial charge in [0.25, 0.3) is 0 Å². The van der Waals surface area contributed by atoms with Crippen LogP contribution in [0.1, 0.15) is 31.2 Å². The maximum atomic E-state index is 6.12. The Hall–Kier alpha value is -0.870. The van der Waals surface area contributed by atoms with Crippen LogP contribution in [-0.4, -0.2) is 14.8 Å². The van der Waals surface area contributed by atoms with E-state index in [1.807, 2.05) is 29.7 Å². The predicted octanol–water partition coefficient (Wildman–Crippen LogP) is 4.12. The fourth-order valence-electron chi connectivity index (χ4n) is 1.70. The Morgan fingerprint density at radius 1 is 1.29 bits per heavy atom. The minimum absolute atomic E-state index is 0.272. The zero-order valence-corrected chi connectivity index (χ0v) is 12.2. The van der Waals surface area contributed by atoms with Crippen molar-refractivity contribution in [3.05, 3.63) is 39.3 Å². The summed E-state index contributed by atoms with van der Waals surface area (Å²) in [5.74, 6) is 1.14. The van der Waals surface area contributed by atoms with Crippen LogP contribution in [0.2, 0.25) is 5.28 Å². The van der Waals surface area contributed by atoms with Crippen LogP contribution in [0.5, 0.6) is 0 Å². The van der Waals surface area contributed by atoms with Crippen molar-refractivity contribution < 1.29 is 0 Å². The molecule has 0 N–H and O–H groups in total. The Morgan fingerprint density at radius 3 is 2.65 bits per heavy atom. The summed E-state index contributed by atoms with van der Waals surface area (Å²) in [4.78, 5) is 0. The van der Waals surface area contributed by atoms with Crippen LogP contribution in [0.3, 0.4) is 0 Å². The standard InChI is InChI=1S/C12H13BrClN3/c1-7(2)11-15-16-12(14)17(11)10-6-9(13)5-4-8(10)3/h4-7H,1-3H3. The van der Waals surface area contributed by atoms with Gasteiger partial charge in [-0.15, -0.1) is 10.2 Å². The van der Waals surface area contributed by atoms with Crippen molar-refractivity contribution in [2.75, 3.05) is 0 Å². The monoisotopic (exact) mass is 313 g/mol. The van der Waals surface area contributed by atoms with E-state index < -0.39 is 0 Å². The highest BCUT2D eigenvalue weighted by Gasteiger charge is 2.16. The van der Waals surface area contributed by atoms with Gasteiger partial charge in [-0.3, -0.25) is 4.57 Å². The van der Waals surface area contributed by atoms with E-state index in [0.717, 1.165) is 21.5 Å². The molecular weight excluding hydrogens is 302 g/mol. The molecule has 0 spiro atoms. The maximum absolute atomic E-state index is 6.12. The topological polar surface area (TPSA) is 30.7 Å². The predicted molar refractivity (Wildman–Crippen MR) is 72.9 cm³/mol. The Morgan fingerprint density at radius 2 is 2.00 bits per heavy atom. The van der Waals surface area contributed by atoms with Crippen LogP contribution in [0, 0.1) is 6.92 Å². The third kappa shape index (κ3) is 2.38. The van der Waals surface area contributed by atoms with Gasteiger partial charge in [-0.2, -0.15) is 0 Å². The van der Waals surface area contributed by atoms with Gasteiger partial charge in [0, 0.05) is 10.4 Å². The van der Waals surface area contributed by atoms with Crippen molar-refractivity contribution in [3.8, 4) is 5.69 Å². The van der Waals surface area contributed by atoms with Crippen molar-refractivity contribution in [3.63, 3.8) is 0 Å². The summed E-state index contributed by atoms with van der Waals surface area (Å²) in [6, 6.07) is 6.07. The first-order valence-electron chi connectivity index (χ1n) is 5.38. The molecule has 0 aliphatic heterocycles. The molecule has 3 nitrogen and oxygen atoms in total. The van der Waals surface area contributed by atoms with Gasteiger partial charge in [0.2, 0.25) is 5.28 Å². The number of hydrogen-bond acceptors (Lipinski definition) is 2. The van der Waals surface area contributed by atoms with Gasteiger partial charge in [-0.25, -0.2) is 0 Å². The van der Waals surface area contributed by atoms with E-state index in [4.69, 9.17) is 11.6 Å². The van der Waals surface area contributed by atoms with Gasteiger partial charge >= 0.3 is 0 Å². The van der Waals surface area contributed by atoms with Crippen molar-refractivity contribution in [1.29, 1.82) is 0 Å². The highest BCUT2D eigenvalue weighted by atomic mass is 79.9. The zero-order chi connectivity index (χ0) is 12.6. The number of hydrogen-bond donors (Lipinski definition) is 0. The molecule has 90 valence electrons. The zero-order valence-electron chi connectivity index (χ0n) is 9.91. The van der Waals surface area contributed by atoms with Crippen LogP contribution in [0.25, 0.3) is 5.69 Å². The van der Waals surface area contributed by atoms with Gasteiger partial charge in [-0.05, 0) is 36.2 Å². The molecule has 2 aromatic rings. The van der Waals surface area contributed by atoms with Crippen LogP contribution >= 0.6 is 27.5 Å². The quantitative estimate of drug-likeness (QED) is 0.835. The third-order valence-electron chi connectivity index (χ3n) is 2.58. The average molecular weight is 315 g/mol. The lowest BCUT2D eigenvalue weighted by atomic mass is 10.1. The minimum atomic E-state index is 0.272. The second-order valence-corrected chi connectivity index (χ2v) is 5.50. The number of aryl methyl sites for hydroxylation is 1. The molecule has 5 heteroatoms. The van der Waals surface area contributed by atoms with E-state index in [2.05, 4.69) is 40.0 Å². The van der Waals surface area contributed by atoms with Gasteiger partial charge in [0.15, 0.2) is 0 Å². The Bertz CT molecular complexity index is 549. The SMILES string of the molecule is Cc1ccc(Br)cc1-n1c(Cl)nnc1C(C)C. The van der Waals surface area contributed by atoms with Crippen molar-refractivity contribution in [1.82, 2.24) is 14.8 Å². The van der Waals surface area contributed by atoms with E-state index >= 15 is 0 Å². The molecule has 0 unspecified atom stereocenters. The molecule has 0 aliphatic carbocycles. The van der Waals surface area contributed by atoms with Gasteiger partial charge < -0.3 is 0 Å². The van der Waals surface area contributed by atoms with E-state index in [-0.39, 0.29) is 5.92 Å². The fourth-order valence-corrected chi connectivity index (χ4v) is 2.26. The summed E-state index contributed by atoms with van der Waals surface area (Å²) < 4.78 is 2.91. The second-order valence-electron chi connectivity index (χ2n) is 4.25. The van der Waals surface area contributed by atoms with Gasteiger partial charge in [-0.1, -0.05) is 35.8 Å². The van der Waals surface area contributed by atoms with E-state index in [0.29, 0.717) is 5.28 Å². The van der Waals surface area contributed by atoms with E-state index in [1.165, 1.54) is 0 Å². The smallest absolute Gasteiger partial charge is 0.229 e. The number of rotatable bonds is 2. The van der Waals surface area contributed by atoms with Crippen molar-refractivity contribution >= 4 is 27.5 Å². The molecule has 0 atom stereocenters. The molecule has 0 bridgehead atoms. The lowest BCUT2D eigenvalue weighted by molar-refractivity contribution is 0.744. The number of halogens is 2. The second kappa shape index (κ2) is 4.78. The lowest BCUT2D eigenvalue weighted by Crippen LogP contribution is -2.05. The van der Waals surface area contributed by atoms with Gasteiger partial charge in [0.05, 0.1) is 5.69 Å². The maximum Gasteiger partial charge on any atom is 0.229 e. The summed E-state index contributed by atoms with van der Waals surface area (Å²) in [6.45, 7) is 6.19. The van der Waals surface area contributed by atoms with Crippen molar-refractivity contribution in [2.24, 2.45) is 0 Å². The highest BCUT2D eigenvalue weighted by Crippen LogP contribution is 2.26. The number of benzene rings is 1. The first-order chi connectivity index (χ1) is 8.00. The molecule has 0 radical (unpaired) electrons. The summed E-state index contributed by atoms with van der Waals surface area (Å²) in [6.07, 6.45) is 0. The molecule has 0 fully saturated rings. The largest absolute Gasteiger partial charge is 0.269 e. The molecule has 2 rings (SSSR count). The summed E-state index contributed by atoms with van der Waals surface area (Å²) in [7, 11) is 0. The fraction of sp³-hybridized carbons (Fsp3) is 0.333. The summed E-state index contributed by atoms with van der Waals surface area (Å²) in [5.41, 5.74) is 2.15. The van der Waals surface area contributed by atoms with E-state index in [9.17, 15) is 0 Å². The normalized spacial score (nSPS) is 11.2. The average Bonchev–Trinajstić information content (AvgIpc) is 2.64. The van der Waals surface area contributed by atoms with Crippen molar-refractivity contribution in [2.45, 2.75) is 26.7 Å². The third-order valence-corrected chi connectivity index (χ3v) is 3.31. The molecule has 0 aliphatic rings. The molecular formula is C12H13BrClN3. The Kier molecular flexibility index (Phi) is 3.54. The number of aromatic nitrogens is 3. The van der Waals surface area contributed by atoms with Crippen LogP contribution < -0.4 is 0 Å².